The fraction of sp³-hybridized carbons (Fsp3) is 0.865. The van der Waals surface area contributed by atoms with Crippen LogP contribution in [0, 0.1) is 17.3 Å². The van der Waals surface area contributed by atoms with Crippen LogP contribution in [0.5, 0.6) is 0 Å². The molecule has 51 heavy (non-hydrogen) atoms. The van der Waals surface area contributed by atoms with Crippen LogP contribution < -0.4 is 5.32 Å². The van der Waals surface area contributed by atoms with Gasteiger partial charge in [0.15, 0.2) is 6.10 Å². The molecular weight excluding hydrogens is 699 g/mol. The Labute approximate surface area is 310 Å². The van der Waals surface area contributed by atoms with Gasteiger partial charge >= 0.3 is 12.1 Å². The molecule has 1 saturated carbocycles. The van der Waals surface area contributed by atoms with Crippen LogP contribution in [0.25, 0.3) is 0 Å². The number of unbranched alkanes of at least 4 members (excludes halogenated alkanes) is 1. The summed E-state index contributed by atoms with van der Waals surface area (Å²) in [5.74, 6) is -0.272. The van der Waals surface area contributed by atoms with Gasteiger partial charge in [0.2, 0.25) is 5.91 Å². The molecule has 1 amide bonds. The van der Waals surface area contributed by atoms with E-state index >= 15 is 0 Å². The van der Waals surface area contributed by atoms with Gasteiger partial charge in [0.25, 0.3) is 0 Å². The lowest BCUT2D eigenvalue weighted by molar-refractivity contribution is -0.299. The Kier molecular flexibility index (Phi) is 13.8. The number of hydrogen-bond acceptors (Lipinski definition) is 13. The number of esters is 1. The van der Waals surface area contributed by atoms with E-state index in [0.717, 1.165) is 36.8 Å². The zero-order chi connectivity index (χ0) is 36.9. The zero-order valence-electron chi connectivity index (χ0n) is 31.3. The lowest BCUT2D eigenvalue weighted by Gasteiger charge is -2.63. The van der Waals surface area contributed by atoms with Crippen molar-refractivity contribution in [3.8, 4) is 0 Å². The smallest absolute Gasteiger partial charge is 0.458 e. The number of hydrogen-bond donors (Lipinski definition) is 2. The van der Waals surface area contributed by atoms with E-state index in [2.05, 4.69) is 25.4 Å². The van der Waals surface area contributed by atoms with Crippen molar-refractivity contribution in [2.45, 2.75) is 127 Å². The van der Waals surface area contributed by atoms with Gasteiger partial charge in [-0.25, -0.2) is 9.59 Å². The third-order valence-corrected chi connectivity index (χ3v) is 14.8. The quantitative estimate of drug-likeness (QED) is 0.0752. The normalized spacial score (nSPS) is 34.4. The first-order chi connectivity index (χ1) is 24.4. The molecule has 2 unspecified atom stereocenters. The van der Waals surface area contributed by atoms with Crippen molar-refractivity contribution in [2.24, 2.45) is 17.3 Å². The number of carbonyl (C=O) groups excluding carboxylic acids is 3. The number of amides is 1. The lowest BCUT2D eigenvalue weighted by atomic mass is 9.47. The van der Waals surface area contributed by atoms with Crippen LogP contribution in [0.4, 0.5) is 4.79 Å². The number of ether oxygens (including phenoxy) is 7. The number of aliphatic hydroxyl groups is 1. The number of fused-ring (bicyclic) bond motifs is 5. The van der Waals surface area contributed by atoms with E-state index in [-0.39, 0.29) is 56.2 Å². The molecule has 2 aliphatic carbocycles. The van der Waals surface area contributed by atoms with Crippen LogP contribution in [0.2, 0.25) is 0 Å². The summed E-state index contributed by atoms with van der Waals surface area (Å²) in [4.78, 5) is 37.7. The summed E-state index contributed by atoms with van der Waals surface area (Å²) >= 11 is 0. The van der Waals surface area contributed by atoms with E-state index in [4.69, 9.17) is 33.2 Å². The van der Waals surface area contributed by atoms with E-state index in [9.17, 15) is 19.5 Å². The molecule has 5 rings (SSSR count). The first-order valence-corrected chi connectivity index (χ1v) is 21.4. The molecule has 290 valence electrons. The summed E-state index contributed by atoms with van der Waals surface area (Å²) in [5.41, 5.74) is -2.36. The van der Waals surface area contributed by atoms with Crippen molar-refractivity contribution in [3.05, 3.63) is 11.1 Å². The monoisotopic (exact) mass is 757 g/mol. The van der Waals surface area contributed by atoms with Gasteiger partial charge in [-0.05, 0) is 75.5 Å². The molecule has 8 atom stereocenters. The Morgan fingerprint density at radius 2 is 1.82 bits per heavy atom. The van der Waals surface area contributed by atoms with Crippen LogP contribution >= 0.6 is 21.6 Å². The minimum Gasteiger partial charge on any atom is -0.458 e. The number of rotatable bonds is 19. The molecule has 2 N–H and O–H groups in total. The maximum absolute atomic E-state index is 13.2. The van der Waals surface area contributed by atoms with Gasteiger partial charge in [-0.3, -0.25) is 4.79 Å². The second kappa shape index (κ2) is 17.3. The third kappa shape index (κ3) is 8.12. The van der Waals surface area contributed by atoms with Gasteiger partial charge in [0, 0.05) is 29.2 Å². The highest BCUT2D eigenvalue weighted by Crippen LogP contribution is 2.67. The molecule has 12 nitrogen and oxygen atoms in total. The van der Waals surface area contributed by atoms with Gasteiger partial charge in [-0.1, -0.05) is 55.7 Å². The van der Waals surface area contributed by atoms with Crippen LogP contribution in [0.3, 0.4) is 0 Å². The Morgan fingerprint density at radius 3 is 2.55 bits per heavy atom. The summed E-state index contributed by atoms with van der Waals surface area (Å²) in [6, 6.07) is 0. The first kappa shape index (κ1) is 40.6. The van der Waals surface area contributed by atoms with Crippen LogP contribution in [-0.2, 0) is 42.7 Å². The van der Waals surface area contributed by atoms with Crippen molar-refractivity contribution in [1.29, 1.82) is 0 Å². The fourth-order valence-corrected chi connectivity index (χ4v) is 11.3. The van der Waals surface area contributed by atoms with Crippen molar-refractivity contribution in [1.82, 2.24) is 5.32 Å². The standard InChI is InChI=1S/C37H59NO11S2/c1-7-25(51-50-6)10-8-9-11-30(39)38-16-17-43-18-19-44-20-21-45-33(41)48-32-36(42)15-13-28-27-22-46-31(40)26(27)12-14-34(28,4)35(36,5)47-23-29-37(32,49-29)24(2)3/h24-25,28-29,32,42H,7-23H2,1-6H3,(H,38,39)/t25?,28-,29-,32-,34?,35+,36+,37-/m0/s1. The second-order valence-electron chi connectivity index (χ2n) is 15.2. The van der Waals surface area contributed by atoms with Crippen molar-refractivity contribution < 1.29 is 52.6 Å². The van der Waals surface area contributed by atoms with Gasteiger partial charge in [-0.2, -0.15) is 0 Å². The molecule has 0 spiro atoms. The number of carbonyl (C=O) groups is 3. The van der Waals surface area contributed by atoms with E-state index < -0.39 is 34.5 Å². The van der Waals surface area contributed by atoms with Gasteiger partial charge in [-0.15, -0.1) is 0 Å². The molecule has 14 heteroatoms. The molecule has 3 fully saturated rings. The number of epoxide rings is 1. The molecule has 0 radical (unpaired) electrons. The minimum absolute atomic E-state index is 0.00150. The van der Waals surface area contributed by atoms with Crippen molar-refractivity contribution >= 4 is 39.6 Å². The maximum atomic E-state index is 13.2. The highest BCUT2D eigenvalue weighted by atomic mass is 33.1. The van der Waals surface area contributed by atoms with Crippen LogP contribution in [0.1, 0.15) is 92.4 Å². The average Bonchev–Trinajstić information content (AvgIpc) is 3.74. The van der Waals surface area contributed by atoms with E-state index in [1.165, 1.54) is 0 Å². The molecule has 0 aromatic heterocycles. The third-order valence-electron chi connectivity index (χ3n) is 12.3. The Balaban J connectivity index is 1.04. The molecule has 0 aromatic carbocycles. The zero-order valence-corrected chi connectivity index (χ0v) is 32.9. The Hall–Kier alpha value is -1.55. The van der Waals surface area contributed by atoms with Crippen LogP contribution in [-0.4, -0.2) is 116 Å². The van der Waals surface area contributed by atoms with Crippen molar-refractivity contribution in [3.63, 3.8) is 0 Å². The van der Waals surface area contributed by atoms with Crippen molar-refractivity contribution in [2.75, 3.05) is 59.0 Å². The summed E-state index contributed by atoms with van der Waals surface area (Å²) in [6.07, 6.45) is 6.67. The van der Waals surface area contributed by atoms with E-state index in [0.29, 0.717) is 63.7 Å². The molecule has 3 heterocycles. The molecule has 0 bridgehead atoms. The molecule has 3 aliphatic heterocycles. The predicted molar refractivity (Wildman–Crippen MR) is 194 cm³/mol. The SMILES string of the molecule is CCC(CCCCC(=O)NCCOCCOCCOC(=O)O[C@@H]1[C@@]2(C(C)C)O[C@H]2CO[C@]2(C)C3(C)CCC4=C(COC4=O)[C@@H]3CC[C@@]12O)SSC. The van der Waals surface area contributed by atoms with Gasteiger partial charge in [0.1, 0.15) is 36.1 Å². The summed E-state index contributed by atoms with van der Waals surface area (Å²) in [5, 5.41) is 16.3. The fourth-order valence-electron chi connectivity index (χ4n) is 9.12. The topological polar surface area (TPSA) is 151 Å². The molecule has 5 aliphatic rings. The summed E-state index contributed by atoms with van der Waals surface area (Å²) in [7, 11) is 3.72. The largest absolute Gasteiger partial charge is 0.508 e. The van der Waals surface area contributed by atoms with Gasteiger partial charge < -0.3 is 43.6 Å². The predicted octanol–water partition coefficient (Wildman–Crippen LogP) is 5.38. The average molecular weight is 758 g/mol. The second-order valence-corrected chi connectivity index (χ2v) is 18.0. The Morgan fingerprint density at radius 1 is 1.08 bits per heavy atom. The van der Waals surface area contributed by atoms with Crippen LogP contribution in [0.15, 0.2) is 11.1 Å². The molecular formula is C37H59NO11S2. The van der Waals surface area contributed by atoms with E-state index in [1.54, 1.807) is 10.8 Å². The maximum Gasteiger partial charge on any atom is 0.508 e. The highest BCUT2D eigenvalue weighted by molar-refractivity contribution is 8.76. The lowest BCUT2D eigenvalue weighted by Crippen LogP contribution is -2.74. The first-order valence-electron chi connectivity index (χ1n) is 18.8. The van der Waals surface area contributed by atoms with E-state index in [1.807, 2.05) is 31.6 Å². The van der Waals surface area contributed by atoms with Gasteiger partial charge in [0.05, 0.1) is 33.0 Å². The minimum atomic E-state index is -1.58. The highest BCUT2D eigenvalue weighted by Gasteiger charge is 2.80. The summed E-state index contributed by atoms with van der Waals surface area (Å²) in [6.45, 7) is 12.4. The number of nitrogens with one attached hydrogen (secondary N) is 1. The molecule has 0 aromatic rings. The summed E-state index contributed by atoms with van der Waals surface area (Å²) < 4.78 is 41.0. The number of cyclic esters (lactones) is 1. The Bertz CT molecular complexity index is 1280. The molecule has 2 saturated heterocycles.